The minimum absolute atomic E-state index is 0.265. The van der Waals surface area contributed by atoms with Crippen LogP contribution >= 0.6 is 0 Å². The van der Waals surface area contributed by atoms with Crippen LogP contribution in [0.1, 0.15) is 34.1 Å². The van der Waals surface area contributed by atoms with E-state index in [0.29, 0.717) is 11.8 Å². The molecule has 0 rings (SSSR count). The molecule has 3 atom stereocenters. The highest BCUT2D eigenvalue weighted by atomic mass is 14.1. The van der Waals surface area contributed by atoms with Crippen molar-refractivity contribution < 1.29 is 0 Å². The fourth-order valence-electron chi connectivity index (χ4n) is 0.645. The average Bonchev–Trinajstić information content (AvgIpc) is 2.11. The van der Waals surface area contributed by atoms with E-state index in [1.54, 1.807) is 0 Å². The largest absolute Gasteiger partial charge is 0.120 e. The lowest BCUT2D eigenvalue weighted by Crippen LogP contribution is -2.02. The van der Waals surface area contributed by atoms with E-state index in [2.05, 4.69) is 38.5 Å². The summed E-state index contributed by atoms with van der Waals surface area (Å²) in [6, 6.07) is 0. The lowest BCUT2D eigenvalue weighted by Gasteiger charge is -2.06. The molecule has 0 aromatic rings. The molecule has 0 radical (unpaired) electrons. The Balaban J connectivity index is 4.05. The topological polar surface area (TPSA) is 0 Å². The molecule has 0 heteroatoms. The van der Waals surface area contributed by atoms with Gasteiger partial charge in [-0.05, 0) is 6.42 Å². The van der Waals surface area contributed by atoms with Crippen LogP contribution in [0.15, 0.2) is 0 Å². The normalized spacial score (nSPS) is 16.6. The highest BCUT2D eigenvalue weighted by molar-refractivity contribution is 5.10. The van der Waals surface area contributed by atoms with Crippen molar-refractivity contribution in [1.82, 2.24) is 0 Å². The third-order valence-corrected chi connectivity index (χ3v) is 2.18. The van der Waals surface area contributed by atoms with Crippen LogP contribution in [-0.2, 0) is 0 Å². The SMILES string of the molecule is C#CC(C)C(C)C#CC(C)CC. The summed E-state index contributed by atoms with van der Waals surface area (Å²) in [6.07, 6.45) is 6.41. The Morgan fingerprint density at radius 2 is 1.67 bits per heavy atom. The number of hydrogen-bond donors (Lipinski definition) is 0. The maximum Gasteiger partial charge on any atom is 0.0309 e. The van der Waals surface area contributed by atoms with Gasteiger partial charge < -0.3 is 0 Å². The van der Waals surface area contributed by atoms with Gasteiger partial charge in [-0.3, -0.25) is 0 Å². The highest BCUT2D eigenvalue weighted by Gasteiger charge is 2.04. The summed E-state index contributed by atoms with van der Waals surface area (Å²) in [5.74, 6) is 10.2. The molecular formula is C12H18. The molecule has 12 heavy (non-hydrogen) atoms. The van der Waals surface area contributed by atoms with Crippen LogP contribution in [0.25, 0.3) is 0 Å². The van der Waals surface area contributed by atoms with Crippen molar-refractivity contribution in [3.63, 3.8) is 0 Å². The summed E-state index contributed by atoms with van der Waals surface area (Å²) in [4.78, 5) is 0. The van der Waals surface area contributed by atoms with Crippen molar-refractivity contribution in [2.75, 3.05) is 0 Å². The van der Waals surface area contributed by atoms with Crippen LogP contribution in [0.4, 0.5) is 0 Å². The second-order valence-electron chi connectivity index (χ2n) is 3.34. The summed E-state index contributed by atoms with van der Waals surface area (Å²) in [6.45, 7) is 8.41. The van der Waals surface area contributed by atoms with Crippen molar-refractivity contribution in [2.24, 2.45) is 17.8 Å². The second kappa shape index (κ2) is 5.73. The Morgan fingerprint density at radius 1 is 1.08 bits per heavy atom. The Bertz CT molecular complexity index is 208. The standard InChI is InChI=1S/C12H18/c1-6-10(3)8-9-12(5)11(4)7-2/h2,10-12H,6H2,1,3-5H3. The van der Waals surface area contributed by atoms with E-state index >= 15 is 0 Å². The quantitative estimate of drug-likeness (QED) is 0.548. The van der Waals surface area contributed by atoms with Crippen LogP contribution in [0.5, 0.6) is 0 Å². The molecule has 0 aromatic carbocycles. The molecule has 0 N–H and O–H groups in total. The molecule has 3 unspecified atom stereocenters. The number of hydrogen-bond acceptors (Lipinski definition) is 0. The van der Waals surface area contributed by atoms with E-state index in [0.717, 1.165) is 6.42 Å². The predicted octanol–water partition coefficient (Wildman–Crippen LogP) is 2.94. The van der Waals surface area contributed by atoms with Crippen molar-refractivity contribution in [3.8, 4) is 24.2 Å². The zero-order chi connectivity index (χ0) is 9.56. The zero-order valence-corrected chi connectivity index (χ0v) is 8.52. The molecular weight excluding hydrogens is 144 g/mol. The third-order valence-electron chi connectivity index (χ3n) is 2.18. The van der Waals surface area contributed by atoms with Crippen LogP contribution in [0.3, 0.4) is 0 Å². The first-order chi connectivity index (χ1) is 5.61. The molecule has 0 bridgehead atoms. The highest BCUT2D eigenvalue weighted by Crippen LogP contribution is 2.08. The van der Waals surface area contributed by atoms with Crippen molar-refractivity contribution in [2.45, 2.75) is 34.1 Å². The maximum absolute atomic E-state index is 5.29. The number of rotatable bonds is 2. The van der Waals surface area contributed by atoms with E-state index in [9.17, 15) is 0 Å². The molecule has 0 amide bonds. The maximum atomic E-state index is 5.29. The van der Waals surface area contributed by atoms with Gasteiger partial charge in [0.1, 0.15) is 0 Å². The van der Waals surface area contributed by atoms with Gasteiger partial charge in [0.2, 0.25) is 0 Å². The molecule has 0 aliphatic rings. The molecule has 0 saturated carbocycles. The molecule has 0 saturated heterocycles. The molecule has 0 aliphatic heterocycles. The lowest BCUT2D eigenvalue weighted by molar-refractivity contribution is 0.593. The van der Waals surface area contributed by atoms with Gasteiger partial charge in [-0.15, -0.1) is 12.3 Å². The zero-order valence-electron chi connectivity index (χ0n) is 8.52. The van der Waals surface area contributed by atoms with E-state index in [4.69, 9.17) is 6.42 Å². The summed E-state index contributed by atoms with van der Waals surface area (Å²) >= 11 is 0. The predicted molar refractivity (Wildman–Crippen MR) is 54.4 cm³/mol. The smallest absolute Gasteiger partial charge is 0.0309 e. The van der Waals surface area contributed by atoms with E-state index < -0.39 is 0 Å². The Morgan fingerprint density at radius 3 is 2.08 bits per heavy atom. The van der Waals surface area contributed by atoms with Gasteiger partial charge in [-0.1, -0.05) is 39.5 Å². The van der Waals surface area contributed by atoms with Gasteiger partial charge >= 0.3 is 0 Å². The van der Waals surface area contributed by atoms with Crippen molar-refractivity contribution in [1.29, 1.82) is 0 Å². The fourth-order valence-corrected chi connectivity index (χ4v) is 0.645. The number of terminal acetylenes is 1. The summed E-state index contributed by atoms with van der Waals surface area (Å²) < 4.78 is 0. The molecule has 0 fully saturated rings. The molecule has 0 heterocycles. The average molecular weight is 162 g/mol. The molecule has 0 nitrogen and oxygen atoms in total. The van der Waals surface area contributed by atoms with E-state index in [-0.39, 0.29) is 5.92 Å². The summed E-state index contributed by atoms with van der Waals surface area (Å²) in [7, 11) is 0. The fraction of sp³-hybridized carbons (Fsp3) is 0.667. The molecule has 0 aliphatic carbocycles. The first kappa shape index (κ1) is 11.1. The molecule has 0 spiro atoms. The van der Waals surface area contributed by atoms with Crippen LogP contribution in [0.2, 0.25) is 0 Å². The van der Waals surface area contributed by atoms with Gasteiger partial charge in [-0.2, -0.15) is 0 Å². The lowest BCUT2D eigenvalue weighted by atomic mass is 9.96. The minimum atomic E-state index is 0.265. The second-order valence-corrected chi connectivity index (χ2v) is 3.34. The van der Waals surface area contributed by atoms with Crippen molar-refractivity contribution >= 4 is 0 Å². The van der Waals surface area contributed by atoms with Crippen LogP contribution < -0.4 is 0 Å². The van der Waals surface area contributed by atoms with E-state index in [1.165, 1.54) is 0 Å². The summed E-state index contributed by atoms with van der Waals surface area (Å²) in [5, 5.41) is 0. The van der Waals surface area contributed by atoms with Gasteiger partial charge in [0.05, 0.1) is 0 Å². The van der Waals surface area contributed by atoms with Gasteiger partial charge in [-0.25, -0.2) is 0 Å². The Kier molecular flexibility index (Phi) is 5.31. The van der Waals surface area contributed by atoms with Gasteiger partial charge in [0, 0.05) is 17.8 Å². The van der Waals surface area contributed by atoms with Gasteiger partial charge in [0.15, 0.2) is 0 Å². The van der Waals surface area contributed by atoms with Gasteiger partial charge in [0.25, 0.3) is 0 Å². The molecule has 0 aromatic heterocycles. The first-order valence-corrected chi connectivity index (χ1v) is 4.59. The summed E-state index contributed by atoms with van der Waals surface area (Å²) in [5.41, 5.74) is 0. The Labute approximate surface area is 76.8 Å². The minimum Gasteiger partial charge on any atom is -0.120 e. The first-order valence-electron chi connectivity index (χ1n) is 4.59. The van der Waals surface area contributed by atoms with E-state index in [1.807, 2.05) is 6.92 Å². The third kappa shape index (κ3) is 4.09. The van der Waals surface area contributed by atoms with Crippen molar-refractivity contribution in [3.05, 3.63) is 0 Å². The Hall–Kier alpha value is -0.880. The van der Waals surface area contributed by atoms with Crippen LogP contribution in [-0.4, -0.2) is 0 Å². The van der Waals surface area contributed by atoms with Crippen LogP contribution in [0, 0.1) is 41.9 Å². The molecule has 66 valence electrons. The monoisotopic (exact) mass is 162 g/mol.